The Morgan fingerprint density at radius 3 is 2.38 bits per heavy atom. The highest BCUT2D eigenvalue weighted by atomic mass is 32.1. The lowest BCUT2D eigenvalue weighted by atomic mass is 9.86. The fraction of sp³-hybridized carbons (Fsp3) is 0.462. The Morgan fingerprint density at radius 1 is 1.05 bits per heavy atom. The monoisotopic (exact) mass is 528 g/mol. The Balaban J connectivity index is 1.73. The normalized spacial score (nSPS) is 11.2. The van der Waals surface area contributed by atoms with Crippen LogP contribution in [-0.4, -0.2) is 54.7 Å². The molecule has 0 atom stereocenters. The van der Waals surface area contributed by atoms with Gasteiger partial charge in [-0.05, 0) is 49.0 Å². The molecule has 0 radical (unpaired) electrons. The Kier molecular flexibility index (Phi) is 9.65. The quantitative estimate of drug-likeness (QED) is 0.279. The molecular formula is C26H36N6O4S. The molecule has 0 aliphatic carbocycles. The SMILES string of the molecule is CCNCCCNc1nc(OC)c(NC(=O)c2csc(Oc3cc(C(C)(C)C)ccc3C)n2)c(OC)n1. The molecule has 1 amide bonds. The largest absolute Gasteiger partial charge is 0.479 e. The summed E-state index contributed by atoms with van der Waals surface area (Å²) in [4.78, 5) is 26.1. The Morgan fingerprint density at radius 2 is 1.76 bits per heavy atom. The maximum Gasteiger partial charge on any atom is 0.279 e. The van der Waals surface area contributed by atoms with Crippen LogP contribution in [0.5, 0.6) is 22.7 Å². The second-order valence-electron chi connectivity index (χ2n) is 9.36. The van der Waals surface area contributed by atoms with Crippen LogP contribution in [0.4, 0.5) is 11.6 Å². The van der Waals surface area contributed by atoms with Crippen LogP contribution in [0, 0.1) is 6.92 Å². The first-order valence-electron chi connectivity index (χ1n) is 12.2. The van der Waals surface area contributed by atoms with E-state index in [0.29, 0.717) is 23.4 Å². The van der Waals surface area contributed by atoms with Crippen molar-refractivity contribution in [1.82, 2.24) is 20.3 Å². The van der Waals surface area contributed by atoms with Crippen molar-refractivity contribution in [3.05, 3.63) is 40.4 Å². The minimum absolute atomic E-state index is 0.0166. The highest BCUT2D eigenvalue weighted by Gasteiger charge is 2.22. The van der Waals surface area contributed by atoms with Crippen LogP contribution in [0.15, 0.2) is 23.6 Å². The molecule has 0 fully saturated rings. The van der Waals surface area contributed by atoms with E-state index in [4.69, 9.17) is 14.2 Å². The molecule has 11 heteroatoms. The molecule has 0 unspecified atom stereocenters. The van der Waals surface area contributed by atoms with Crippen molar-refractivity contribution >= 4 is 28.9 Å². The van der Waals surface area contributed by atoms with Crippen molar-refractivity contribution in [2.75, 3.05) is 44.5 Å². The van der Waals surface area contributed by atoms with E-state index in [9.17, 15) is 4.79 Å². The number of carbonyl (C=O) groups is 1. The molecule has 200 valence electrons. The summed E-state index contributed by atoms with van der Waals surface area (Å²) in [6.45, 7) is 12.9. The molecule has 0 saturated heterocycles. The molecule has 2 heterocycles. The van der Waals surface area contributed by atoms with Crippen molar-refractivity contribution in [2.45, 2.75) is 46.5 Å². The molecule has 3 N–H and O–H groups in total. The first kappa shape index (κ1) is 28.1. The maximum atomic E-state index is 13.0. The molecule has 3 rings (SSSR count). The summed E-state index contributed by atoms with van der Waals surface area (Å²) in [5.41, 5.74) is 2.53. The zero-order chi connectivity index (χ0) is 27.0. The summed E-state index contributed by atoms with van der Waals surface area (Å²) in [6.07, 6.45) is 0.897. The van der Waals surface area contributed by atoms with Crippen LogP contribution in [0.1, 0.15) is 55.7 Å². The number of anilines is 2. The summed E-state index contributed by atoms with van der Waals surface area (Å²) >= 11 is 1.24. The lowest BCUT2D eigenvalue weighted by Crippen LogP contribution is -2.18. The van der Waals surface area contributed by atoms with E-state index in [0.717, 1.165) is 30.6 Å². The average Bonchev–Trinajstić information content (AvgIpc) is 3.33. The van der Waals surface area contributed by atoms with Gasteiger partial charge in [-0.25, -0.2) is 0 Å². The van der Waals surface area contributed by atoms with Crippen LogP contribution < -0.4 is 30.2 Å². The van der Waals surface area contributed by atoms with Crippen molar-refractivity contribution < 1.29 is 19.0 Å². The standard InChI is InChI=1S/C26H36N6O4S/c1-8-27-12-9-13-28-24-31-22(34-6)20(23(32-24)35-7)30-21(33)18-15-37-25(29-18)36-19-14-17(26(3,4)5)11-10-16(19)2/h10-11,14-15,27H,8-9,12-13H2,1-7H3,(H,30,33)(H,28,31,32). The maximum absolute atomic E-state index is 13.0. The lowest BCUT2D eigenvalue weighted by molar-refractivity contribution is 0.102. The summed E-state index contributed by atoms with van der Waals surface area (Å²) in [6, 6.07) is 6.13. The molecule has 37 heavy (non-hydrogen) atoms. The topological polar surface area (TPSA) is 120 Å². The van der Waals surface area contributed by atoms with Crippen LogP contribution in [0.25, 0.3) is 0 Å². The predicted octanol–water partition coefficient (Wildman–Crippen LogP) is 5.01. The number of ether oxygens (including phenoxy) is 3. The number of benzene rings is 1. The van der Waals surface area contributed by atoms with Gasteiger partial charge in [-0.1, -0.05) is 51.2 Å². The van der Waals surface area contributed by atoms with Crippen LogP contribution in [0.2, 0.25) is 0 Å². The Labute approximate surface area is 222 Å². The Bertz CT molecular complexity index is 1180. The van der Waals surface area contributed by atoms with Crippen molar-refractivity contribution in [2.24, 2.45) is 0 Å². The number of thiazole rings is 1. The molecule has 3 aromatic rings. The first-order valence-corrected chi connectivity index (χ1v) is 13.0. The third kappa shape index (κ3) is 7.53. The van der Waals surface area contributed by atoms with Gasteiger partial charge < -0.3 is 30.2 Å². The summed E-state index contributed by atoms with van der Waals surface area (Å²) in [5.74, 6) is 0.948. The van der Waals surface area contributed by atoms with Gasteiger partial charge in [0.1, 0.15) is 11.4 Å². The molecular weight excluding hydrogens is 492 g/mol. The fourth-order valence-corrected chi connectivity index (χ4v) is 4.01. The molecule has 0 aliphatic rings. The molecule has 0 aliphatic heterocycles. The molecule has 2 aromatic heterocycles. The van der Waals surface area contributed by atoms with E-state index in [1.54, 1.807) is 5.38 Å². The predicted molar refractivity (Wildman–Crippen MR) is 147 cm³/mol. The van der Waals surface area contributed by atoms with Gasteiger partial charge in [0.25, 0.3) is 11.1 Å². The van der Waals surface area contributed by atoms with Gasteiger partial charge in [-0.15, -0.1) is 0 Å². The smallest absolute Gasteiger partial charge is 0.279 e. The third-order valence-electron chi connectivity index (χ3n) is 5.50. The average molecular weight is 529 g/mol. The summed E-state index contributed by atoms with van der Waals surface area (Å²) in [5, 5.41) is 11.2. The minimum Gasteiger partial charge on any atom is -0.479 e. The van der Waals surface area contributed by atoms with Gasteiger partial charge in [0.15, 0.2) is 5.69 Å². The van der Waals surface area contributed by atoms with E-state index in [1.807, 2.05) is 19.1 Å². The van der Waals surface area contributed by atoms with Crippen LogP contribution >= 0.6 is 11.3 Å². The van der Waals surface area contributed by atoms with Gasteiger partial charge in [-0.2, -0.15) is 15.0 Å². The number of amides is 1. The van der Waals surface area contributed by atoms with Gasteiger partial charge in [-0.3, -0.25) is 4.79 Å². The second kappa shape index (κ2) is 12.7. The highest BCUT2D eigenvalue weighted by Crippen LogP contribution is 2.35. The van der Waals surface area contributed by atoms with E-state index in [2.05, 4.69) is 64.7 Å². The zero-order valence-electron chi connectivity index (χ0n) is 22.5. The summed E-state index contributed by atoms with van der Waals surface area (Å²) in [7, 11) is 2.93. The van der Waals surface area contributed by atoms with E-state index >= 15 is 0 Å². The third-order valence-corrected chi connectivity index (χ3v) is 6.22. The van der Waals surface area contributed by atoms with Crippen molar-refractivity contribution in [3.63, 3.8) is 0 Å². The first-order chi connectivity index (χ1) is 17.7. The van der Waals surface area contributed by atoms with E-state index in [1.165, 1.54) is 25.6 Å². The van der Waals surface area contributed by atoms with Gasteiger partial charge in [0.05, 0.1) is 14.2 Å². The minimum atomic E-state index is -0.460. The second-order valence-corrected chi connectivity index (χ2v) is 10.2. The van der Waals surface area contributed by atoms with Crippen molar-refractivity contribution in [1.29, 1.82) is 0 Å². The van der Waals surface area contributed by atoms with Crippen LogP contribution in [0.3, 0.4) is 0 Å². The highest BCUT2D eigenvalue weighted by molar-refractivity contribution is 7.11. The number of aryl methyl sites for hydroxylation is 1. The fourth-order valence-electron chi connectivity index (χ4n) is 3.35. The molecule has 1 aromatic carbocycles. The van der Waals surface area contributed by atoms with Crippen molar-refractivity contribution in [3.8, 4) is 22.7 Å². The van der Waals surface area contributed by atoms with E-state index in [-0.39, 0.29) is 28.6 Å². The molecule has 0 saturated carbocycles. The zero-order valence-corrected chi connectivity index (χ0v) is 23.3. The summed E-state index contributed by atoms with van der Waals surface area (Å²) < 4.78 is 16.8. The van der Waals surface area contributed by atoms with Crippen LogP contribution in [-0.2, 0) is 5.41 Å². The number of hydrogen-bond acceptors (Lipinski definition) is 10. The van der Waals surface area contributed by atoms with Gasteiger partial charge in [0, 0.05) is 11.9 Å². The van der Waals surface area contributed by atoms with E-state index < -0.39 is 5.91 Å². The number of aromatic nitrogens is 3. The number of nitrogens with one attached hydrogen (secondary N) is 3. The number of hydrogen-bond donors (Lipinski definition) is 3. The number of nitrogens with zero attached hydrogens (tertiary/aromatic N) is 3. The Hall–Kier alpha value is -3.44. The number of carbonyl (C=O) groups excluding carboxylic acids is 1. The molecule has 10 nitrogen and oxygen atoms in total. The number of methoxy groups -OCH3 is 2. The molecule has 0 spiro atoms. The lowest BCUT2D eigenvalue weighted by Gasteiger charge is -2.20. The number of rotatable bonds is 12. The van der Waals surface area contributed by atoms with Gasteiger partial charge >= 0.3 is 0 Å². The van der Waals surface area contributed by atoms with Gasteiger partial charge in [0.2, 0.25) is 17.7 Å². The molecule has 0 bridgehead atoms.